The van der Waals surface area contributed by atoms with Crippen molar-refractivity contribution in [3.05, 3.63) is 93.7 Å². The summed E-state index contributed by atoms with van der Waals surface area (Å²) in [5.41, 5.74) is 4.62. The summed E-state index contributed by atoms with van der Waals surface area (Å²) in [6.07, 6.45) is -0.982. The largest absolute Gasteiger partial charge is 0.465 e. The lowest BCUT2D eigenvalue weighted by atomic mass is 10.1. The first-order valence-corrected chi connectivity index (χ1v) is 9.55. The van der Waals surface area contributed by atoms with E-state index >= 15 is 0 Å². The number of hydroxylamine groups is 1. The number of carbonyl (C=O) groups is 2. The van der Waals surface area contributed by atoms with Crippen LogP contribution in [0.4, 0.5) is 4.79 Å². The fourth-order valence-corrected chi connectivity index (χ4v) is 3.30. The summed E-state index contributed by atoms with van der Waals surface area (Å²) in [5.74, 6) is -0.351. The van der Waals surface area contributed by atoms with Crippen molar-refractivity contribution in [2.45, 2.75) is 19.7 Å². The third kappa shape index (κ3) is 5.67. The lowest BCUT2D eigenvalue weighted by Crippen LogP contribution is -2.28. The standard InChI is InChI=1S/C21H20N2O4S/c24-20(22-27-15-17-5-2-1-3-6-17)18-10-8-16(9-11-18)13-23(21(25)26)14-19-7-4-12-28-19/h1-12H,13-15H2,(H,22,24)(H,25,26). The van der Waals surface area contributed by atoms with E-state index in [0.717, 1.165) is 16.0 Å². The first kappa shape index (κ1) is 19.6. The maximum Gasteiger partial charge on any atom is 0.407 e. The molecule has 28 heavy (non-hydrogen) atoms. The van der Waals surface area contributed by atoms with Crippen LogP contribution < -0.4 is 5.48 Å². The van der Waals surface area contributed by atoms with Crippen LogP contribution in [0, 0.1) is 0 Å². The summed E-state index contributed by atoms with van der Waals surface area (Å²) in [6.45, 7) is 0.864. The Balaban J connectivity index is 1.53. The van der Waals surface area contributed by atoms with Gasteiger partial charge in [-0.3, -0.25) is 14.5 Å². The van der Waals surface area contributed by atoms with Gasteiger partial charge in [0.05, 0.1) is 13.2 Å². The van der Waals surface area contributed by atoms with Gasteiger partial charge in [-0.2, -0.15) is 0 Å². The van der Waals surface area contributed by atoms with Gasteiger partial charge in [-0.25, -0.2) is 10.3 Å². The van der Waals surface area contributed by atoms with Gasteiger partial charge in [0, 0.05) is 17.0 Å². The van der Waals surface area contributed by atoms with Crippen LogP contribution in [0.5, 0.6) is 0 Å². The van der Waals surface area contributed by atoms with Crippen molar-refractivity contribution >= 4 is 23.3 Å². The molecule has 6 nitrogen and oxygen atoms in total. The van der Waals surface area contributed by atoms with Crippen molar-refractivity contribution in [3.8, 4) is 0 Å². The molecule has 0 atom stereocenters. The van der Waals surface area contributed by atoms with E-state index in [-0.39, 0.29) is 19.1 Å². The van der Waals surface area contributed by atoms with Crippen molar-refractivity contribution in [1.29, 1.82) is 0 Å². The molecule has 3 rings (SSSR count). The smallest absolute Gasteiger partial charge is 0.407 e. The van der Waals surface area contributed by atoms with E-state index in [1.54, 1.807) is 24.3 Å². The maximum atomic E-state index is 12.1. The van der Waals surface area contributed by atoms with E-state index < -0.39 is 6.09 Å². The Bertz CT molecular complexity index is 896. The Hall–Kier alpha value is -3.16. The van der Waals surface area contributed by atoms with E-state index in [2.05, 4.69) is 5.48 Å². The van der Waals surface area contributed by atoms with Crippen molar-refractivity contribution in [3.63, 3.8) is 0 Å². The minimum Gasteiger partial charge on any atom is -0.465 e. The van der Waals surface area contributed by atoms with Crippen LogP contribution in [0.3, 0.4) is 0 Å². The first-order valence-electron chi connectivity index (χ1n) is 8.67. The molecular weight excluding hydrogens is 376 g/mol. The number of carbonyl (C=O) groups excluding carboxylic acids is 1. The van der Waals surface area contributed by atoms with Crippen LogP contribution >= 0.6 is 11.3 Å². The molecule has 0 aliphatic heterocycles. The number of amides is 2. The van der Waals surface area contributed by atoms with Crippen LogP contribution in [0.1, 0.15) is 26.4 Å². The highest BCUT2D eigenvalue weighted by atomic mass is 32.1. The summed E-state index contributed by atoms with van der Waals surface area (Å²) >= 11 is 1.52. The molecule has 0 aliphatic rings. The van der Waals surface area contributed by atoms with E-state index in [9.17, 15) is 14.7 Å². The Labute approximate surface area is 167 Å². The molecule has 2 amide bonds. The third-order valence-electron chi connectivity index (χ3n) is 4.03. The van der Waals surface area contributed by atoms with Gasteiger partial charge >= 0.3 is 6.09 Å². The number of nitrogens with one attached hydrogen (secondary N) is 1. The number of nitrogens with zero attached hydrogens (tertiary/aromatic N) is 1. The minimum atomic E-state index is -0.982. The summed E-state index contributed by atoms with van der Waals surface area (Å²) in [6, 6.07) is 20.1. The zero-order chi connectivity index (χ0) is 19.8. The zero-order valence-corrected chi connectivity index (χ0v) is 15.9. The Morgan fingerprint density at radius 2 is 1.68 bits per heavy atom. The third-order valence-corrected chi connectivity index (χ3v) is 4.89. The van der Waals surface area contributed by atoms with Gasteiger partial charge in [-0.05, 0) is 34.7 Å². The van der Waals surface area contributed by atoms with E-state index in [4.69, 9.17) is 4.84 Å². The van der Waals surface area contributed by atoms with Crippen LogP contribution in [0.25, 0.3) is 0 Å². The normalized spacial score (nSPS) is 10.4. The molecule has 0 fully saturated rings. The highest BCUT2D eigenvalue weighted by Gasteiger charge is 2.14. The molecule has 0 bridgehead atoms. The molecule has 0 saturated carbocycles. The number of rotatable bonds is 8. The quantitative estimate of drug-likeness (QED) is 0.557. The highest BCUT2D eigenvalue weighted by molar-refractivity contribution is 7.09. The Kier molecular flexibility index (Phi) is 6.78. The summed E-state index contributed by atoms with van der Waals surface area (Å²) < 4.78 is 0. The van der Waals surface area contributed by atoms with Crippen LogP contribution in [-0.4, -0.2) is 22.0 Å². The van der Waals surface area contributed by atoms with Crippen molar-refractivity contribution in [1.82, 2.24) is 10.4 Å². The highest BCUT2D eigenvalue weighted by Crippen LogP contribution is 2.15. The maximum absolute atomic E-state index is 12.1. The van der Waals surface area contributed by atoms with Gasteiger partial charge in [0.25, 0.3) is 5.91 Å². The Morgan fingerprint density at radius 1 is 0.929 bits per heavy atom. The Morgan fingerprint density at radius 3 is 2.32 bits per heavy atom. The number of thiophene rings is 1. The molecule has 0 radical (unpaired) electrons. The number of hydrogen-bond donors (Lipinski definition) is 2. The molecule has 2 N–H and O–H groups in total. The molecule has 0 saturated heterocycles. The van der Waals surface area contributed by atoms with Gasteiger partial charge < -0.3 is 5.11 Å². The predicted molar refractivity (Wildman–Crippen MR) is 107 cm³/mol. The lowest BCUT2D eigenvalue weighted by molar-refractivity contribution is 0.0233. The summed E-state index contributed by atoms with van der Waals surface area (Å²) in [5, 5.41) is 11.3. The number of benzene rings is 2. The topological polar surface area (TPSA) is 78.9 Å². The van der Waals surface area contributed by atoms with Gasteiger partial charge in [0.15, 0.2) is 0 Å². The van der Waals surface area contributed by atoms with Crippen LogP contribution in [0.2, 0.25) is 0 Å². The van der Waals surface area contributed by atoms with Gasteiger partial charge in [0.2, 0.25) is 0 Å². The van der Waals surface area contributed by atoms with Crippen molar-refractivity contribution < 1.29 is 19.5 Å². The molecule has 144 valence electrons. The molecule has 0 aliphatic carbocycles. The molecular formula is C21H20N2O4S. The van der Waals surface area contributed by atoms with Crippen LogP contribution in [-0.2, 0) is 24.5 Å². The van der Waals surface area contributed by atoms with Gasteiger partial charge in [0.1, 0.15) is 0 Å². The molecule has 0 spiro atoms. The summed E-state index contributed by atoms with van der Waals surface area (Å²) in [7, 11) is 0. The monoisotopic (exact) mass is 396 g/mol. The van der Waals surface area contributed by atoms with Crippen molar-refractivity contribution in [2.24, 2.45) is 0 Å². The molecule has 0 unspecified atom stereocenters. The second-order valence-electron chi connectivity index (χ2n) is 6.12. The first-order chi connectivity index (χ1) is 13.6. The molecule has 7 heteroatoms. The molecule has 3 aromatic rings. The van der Waals surface area contributed by atoms with E-state index in [1.807, 2.05) is 47.8 Å². The average Bonchev–Trinajstić information content (AvgIpc) is 3.22. The number of carboxylic acid groups (broad SMARTS) is 1. The second kappa shape index (κ2) is 9.68. The van der Waals surface area contributed by atoms with Gasteiger partial charge in [-0.1, -0.05) is 48.5 Å². The van der Waals surface area contributed by atoms with E-state index in [1.165, 1.54) is 16.2 Å². The number of hydrogen-bond acceptors (Lipinski definition) is 4. The fourth-order valence-electron chi connectivity index (χ4n) is 2.58. The second-order valence-corrected chi connectivity index (χ2v) is 7.15. The average molecular weight is 396 g/mol. The zero-order valence-electron chi connectivity index (χ0n) is 15.1. The molecule has 1 heterocycles. The van der Waals surface area contributed by atoms with Crippen LogP contribution in [0.15, 0.2) is 72.1 Å². The van der Waals surface area contributed by atoms with E-state index in [0.29, 0.717) is 12.1 Å². The SMILES string of the molecule is O=C(NOCc1ccccc1)c1ccc(CN(Cc2cccs2)C(=O)O)cc1. The fraction of sp³-hybridized carbons (Fsp3) is 0.143. The molecule has 2 aromatic carbocycles. The van der Waals surface area contributed by atoms with Crippen molar-refractivity contribution in [2.75, 3.05) is 0 Å². The minimum absolute atomic E-state index is 0.250. The van der Waals surface area contributed by atoms with Gasteiger partial charge in [-0.15, -0.1) is 11.3 Å². The summed E-state index contributed by atoms with van der Waals surface area (Å²) in [4.78, 5) is 31.2. The molecule has 1 aromatic heterocycles. The lowest BCUT2D eigenvalue weighted by Gasteiger charge is -2.18. The predicted octanol–water partition coefficient (Wildman–Crippen LogP) is 4.29.